The van der Waals surface area contributed by atoms with Gasteiger partial charge in [0.05, 0.1) is 17.3 Å². The summed E-state index contributed by atoms with van der Waals surface area (Å²) in [5.41, 5.74) is 0.841. The van der Waals surface area contributed by atoms with E-state index in [-0.39, 0.29) is 12.1 Å². The largest absolute Gasteiger partial charge is 0.450 e. The molecule has 1 aromatic carbocycles. The second-order valence-corrected chi connectivity index (χ2v) is 5.57. The average Bonchev–Trinajstić information content (AvgIpc) is 2.44. The van der Waals surface area contributed by atoms with Gasteiger partial charge in [0.25, 0.3) is 0 Å². The molecule has 1 saturated heterocycles. The normalized spacial score (nSPS) is 16.1. The summed E-state index contributed by atoms with van der Waals surface area (Å²) >= 11 is 12.1. The van der Waals surface area contributed by atoms with E-state index in [1.807, 2.05) is 13.0 Å². The molecule has 0 unspecified atom stereocenters. The van der Waals surface area contributed by atoms with Crippen LogP contribution in [0.2, 0.25) is 10.0 Å². The van der Waals surface area contributed by atoms with Crippen LogP contribution in [0.4, 0.5) is 10.5 Å². The van der Waals surface area contributed by atoms with Crippen molar-refractivity contribution in [2.24, 2.45) is 0 Å². The van der Waals surface area contributed by atoms with Crippen LogP contribution in [0, 0.1) is 0 Å². The van der Waals surface area contributed by atoms with Crippen molar-refractivity contribution in [3.63, 3.8) is 0 Å². The van der Waals surface area contributed by atoms with Crippen molar-refractivity contribution in [2.75, 3.05) is 25.0 Å². The summed E-state index contributed by atoms with van der Waals surface area (Å²) in [6.45, 7) is 3.60. The molecule has 0 radical (unpaired) electrons. The van der Waals surface area contributed by atoms with Gasteiger partial charge in [-0.1, -0.05) is 23.2 Å². The quantitative estimate of drug-likeness (QED) is 0.915. The van der Waals surface area contributed by atoms with E-state index in [9.17, 15) is 4.79 Å². The van der Waals surface area contributed by atoms with Gasteiger partial charge in [0.1, 0.15) is 0 Å². The summed E-state index contributed by atoms with van der Waals surface area (Å²) in [4.78, 5) is 13.3. The number of hydrogen-bond donors (Lipinski definition) is 1. The molecule has 1 heterocycles. The molecular weight excluding hydrogens is 299 g/mol. The smallest absolute Gasteiger partial charge is 0.409 e. The monoisotopic (exact) mass is 316 g/mol. The van der Waals surface area contributed by atoms with Crippen LogP contribution in [0.3, 0.4) is 0 Å². The summed E-state index contributed by atoms with van der Waals surface area (Å²) in [6, 6.07) is 5.65. The number of hydrogen-bond acceptors (Lipinski definition) is 3. The lowest BCUT2D eigenvalue weighted by atomic mass is 10.1. The number of nitrogens with one attached hydrogen (secondary N) is 1. The molecule has 0 aromatic heterocycles. The number of likely N-dealkylation sites (tertiary alicyclic amines) is 1. The second kappa shape index (κ2) is 7.04. The van der Waals surface area contributed by atoms with Gasteiger partial charge in [-0.25, -0.2) is 4.79 Å². The van der Waals surface area contributed by atoms with Crippen molar-refractivity contribution >= 4 is 35.0 Å². The summed E-state index contributed by atoms with van der Waals surface area (Å²) in [7, 11) is 0. The number of halogens is 2. The van der Waals surface area contributed by atoms with E-state index in [0.717, 1.165) is 18.5 Å². The highest BCUT2D eigenvalue weighted by Gasteiger charge is 2.23. The topological polar surface area (TPSA) is 41.6 Å². The maximum Gasteiger partial charge on any atom is 0.409 e. The van der Waals surface area contributed by atoms with Gasteiger partial charge in [0, 0.05) is 24.2 Å². The lowest BCUT2D eigenvalue weighted by Crippen LogP contribution is -2.42. The fourth-order valence-electron chi connectivity index (χ4n) is 2.25. The molecule has 20 heavy (non-hydrogen) atoms. The number of amides is 1. The zero-order valence-electron chi connectivity index (χ0n) is 11.4. The van der Waals surface area contributed by atoms with E-state index in [1.165, 1.54) is 0 Å². The van der Waals surface area contributed by atoms with E-state index in [1.54, 1.807) is 17.0 Å². The summed E-state index contributed by atoms with van der Waals surface area (Å²) in [5, 5.41) is 4.69. The van der Waals surface area contributed by atoms with Crippen molar-refractivity contribution in [1.82, 2.24) is 4.90 Å². The zero-order valence-corrected chi connectivity index (χ0v) is 12.9. The highest BCUT2D eigenvalue weighted by molar-refractivity contribution is 6.35. The van der Waals surface area contributed by atoms with Gasteiger partial charge in [-0.3, -0.25) is 0 Å². The molecule has 110 valence electrons. The third-order valence-corrected chi connectivity index (χ3v) is 3.87. The number of benzene rings is 1. The van der Waals surface area contributed by atoms with E-state index in [0.29, 0.717) is 29.7 Å². The predicted molar refractivity (Wildman–Crippen MR) is 81.7 cm³/mol. The fraction of sp³-hybridized carbons (Fsp3) is 0.500. The summed E-state index contributed by atoms with van der Waals surface area (Å²) < 4.78 is 5.00. The molecule has 1 amide bonds. The van der Waals surface area contributed by atoms with Crippen molar-refractivity contribution in [2.45, 2.75) is 25.8 Å². The minimum absolute atomic E-state index is 0.230. The van der Waals surface area contributed by atoms with Crippen LogP contribution >= 0.6 is 23.2 Å². The minimum atomic E-state index is -0.230. The molecule has 0 atom stereocenters. The second-order valence-electron chi connectivity index (χ2n) is 4.73. The molecule has 0 aliphatic carbocycles. The Kier molecular flexibility index (Phi) is 5.38. The number of anilines is 1. The maximum absolute atomic E-state index is 11.6. The van der Waals surface area contributed by atoms with Crippen LogP contribution in [0.25, 0.3) is 0 Å². The predicted octanol–water partition coefficient (Wildman–Crippen LogP) is 4.03. The van der Waals surface area contributed by atoms with Gasteiger partial charge in [0.15, 0.2) is 0 Å². The Morgan fingerprint density at radius 1 is 1.40 bits per heavy atom. The van der Waals surface area contributed by atoms with E-state index >= 15 is 0 Å². The van der Waals surface area contributed by atoms with Crippen LogP contribution in [-0.4, -0.2) is 36.7 Å². The number of carbonyl (C=O) groups is 1. The van der Waals surface area contributed by atoms with Crippen LogP contribution in [0.5, 0.6) is 0 Å². The van der Waals surface area contributed by atoms with Crippen molar-refractivity contribution in [3.8, 4) is 0 Å². The Balaban J connectivity index is 1.88. The first-order valence-electron chi connectivity index (χ1n) is 6.73. The third kappa shape index (κ3) is 3.93. The Morgan fingerprint density at radius 2 is 2.10 bits per heavy atom. The van der Waals surface area contributed by atoms with Gasteiger partial charge in [-0.2, -0.15) is 0 Å². The first-order valence-corrected chi connectivity index (χ1v) is 7.49. The van der Waals surface area contributed by atoms with Crippen molar-refractivity contribution < 1.29 is 9.53 Å². The molecule has 1 fully saturated rings. The standard InChI is InChI=1S/C14H18Cl2N2O2/c1-2-20-14(19)18-7-5-11(6-8-18)17-13-9-10(15)3-4-12(13)16/h3-4,9,11,17H,2,5-8H2,1H3. The maximum atomic E-state index is 11.6. The molecule has 2 rings (SSSR count). The zero-order chi connectivity index (χ0) is 14.5. The lowest BCUT2D eigenvalue weighted by molar-refractivity contribution is 0.0983. The number of ether oxygens (including phenoxy) is 1. The molecular formula is C14H18Cl2N2O2. The van der Waals surface area contributed by atoms with Crippen LogP contribution < -0.4 is 5.32 Å². The number of carbonyl (C=O) groups excluding carboxylic acids is 1. The van der Waals surface area contributed by atoms with Crippen LogP contribution in [-0.2, 0) is 4.74 Å². The molecule has 6 heteroatoms. The molecule has 4 nitrogen and oxygen atoms in total. The minimum Gasteiger partial charge on any atom is -0.450 e. The van der Waals surface area contributed by atoms with Gasteiger partial charge < -0.3 is 15.0 Å². The van der Waals surface area contributed by atoms with E-state index in [4.69, 9.17) is 27.9 Å². The summed E-state index contributed by atoms with van der Waals surface area (Å²) in [6.07, 6.45) is 1.50. The first kappa shape index (κ1) is 15.3. The molecule has 0 bridgehead atoms. The number of rotatable bonds is 3. The molecule has 1 aliphatic rings. The van der Waals surface area contributed by atoms with Crippen LogP contribution in [0.15, 0.2) is 18.2 Å². The Labute approximate surface area is 129 Å². The fourth-order valence-corrected chi connectivity index (χ4v) is 2.59. The highest BCUT2D eigenvalue weighted by atomic mass is 35.5. The molecule has 1 N–H and O–H groups in total. The van der Waals surface area contributed by atoms with E-state index < -0.39 is 0 Å². The average molecular weight is 317 g/mol. The number of piperidine rings is 1. The molecule has 1 aromatic rings. The highest BCUT2D eigenvalue weighted by Crippen LogP contribution is 2.27. The third-order valence-electron chi connectivity index (χ3n) is 3.31. The summed E-state index contributed by atoms with van der Waals surface area (Å²) in [5.74, 6) is 0. The van der Waals surface area contributed by atoms with Crippen LogP contribution in [0.1, 0.15) is 19.8 Å². The van der Waals surface area contributed by atoms with Crippen molar-refractivity contribution in [3.05, 3.63) is 28.2 Å². The molecule has 0 spiro atoms. The van der Waals surface area contributed by atoms with Gasteiger partial charge in [0.2, 0.25) is 0 Å². The van der Waals surface area contributed by atoms with Gasteiger partial charge >= 0.3 is 6.09 Å². The van der Waals surface area contributed by atoms with E-state index in [2.05, 4.69) is 5.32 Å². The first-order chi connectivity index (χ1) is 9.60. The molecule has 0 saturated carbocycles. The Morgan fingerprint density at radius 3 is 2.75 bits per heavy atom. The van der Waals surface area contributed by atoms with Gasteiger partial charge in [-0.05, 0) is 38.0 Å². The Bertz CT molecular complexity index is 474. The SMILES string of the molecule is CCOC(=O)N1CCC(Nc2cc(Cl)ccc2Cl)CC1. The number of nitrogens with zero attached hydrogens (tertiary/aromatic N) is 1. The molecule has 1 aliphatic heterocycles. The lowest BCUT2D eigenvalue weighted by Gasteiger charge is -2.32. The van der Waals surface area contributed by atoms with Crippen molar-refractivity contribution in [1.29, 1.82) is 0 Å². The van der Waals surface area contributed by atoms with Gasteiger partial charge in [-0.15, -0.1) is 0 Å². The Hall–Kier alpha value is -1.13.